The molecule has 2 aromatic heterocycles. The van der Waals surface area contributed by atoms with E-state index in [1.165, 1.54) is 0 Å². The van der Waals surface area contributed by atoms with Crippen molar-refractivity contribution in [2.75, 3.05) is 0 Å². The highest BCUT2D eigenvalue weighted by atomic mass is 16.1. The van der Waals surface area contributed by atoms with Gasteiger partial charge in [0.25, 0.3) is 5.56 Å². The van der Waals surface area contributed by atoms with Gasteiger partial charge >= 0.3 is 0 Å². The van der Waals surface area contributed by atoms with Crippen molar-refractivity contribution in [2.45, 2.75) is 26.8 Å². The minimum atomic E-state index is -0.00120. The van der Waals surface area contributed by atoms with Crippen molar-refractivity contribution in [3.63, 3.8) is 0 Å². The average Bonchev–Trinajstić information content (AvgIpc) is 2.47. The Labute approximate surface area is 82.4 Å². The number of rotatable bonds is 1. The lowest BCUT2D eigenvalue weighted by atomic mass is 10.2. The highest BCUT2D eigenvalue weighted by Crippen LogP contribution is 2.16. The average molecular weight is 190 g/mol. The Kier molecular flexibility index (Phi) is 1.95. The van der Waals surface area contributed by atoms with Gasteiger partial charge in [-0.05, 0) is 32.9 Å². The summed E-state index contributed by atoms with van der Waals surface area (Å²) in [6.07, 6.45) is 1.96. The molecule has 0 spiro atoms. The molecule has 0 aromatic carbocycles. The first-order valence-electron chi connectivity index (χ1n) is 4.80. The van der Waals surface area contributed by atoms with Crippen LogP contribution in [0, 0.1) is 6.92 Å². The Morgan fingerprint density at radius 3 is 2.79 bits per heavy atom. The summed E-state index contributed by atoms with van der Waals surface area (Å²) in [4.78, 5) is 14.5. The lowest BCUT2D eigenvalue weighted by molar-refractivity contribution is 0.621. The third-order valence-electron chi connectivity index (χ3n) is 2.40. The van der Waals surface area contributed by atoms with Gasteiger partial charge in [-0.25, -0.2) is 0 Å². The summed E-state index contributed by atoms with van der Waals surface area (Å²) in [5.41, 5.74) is 1.67. The van der Waals surface area contributed by atoms with E-state index in [1.807, 2.05) is 29.8 Å². The van der Waals surface area contributed by atoms with Gasteiger partial charge in [0.05, 0.1) is 0 Å². The van der Waals surface area contributed by atoms with Crippen LogP contribution in [0.3, 0.4) is 0 Å². The maximum atomic E-state index is 11.7. The Bertz CT molecular complexity index is 520. The van der Waals surface area contributed by atoms with Gasteiger partial charge < -0.3 is 9.55 Å². The Morgan fingerprint density at radius 1 is 1.43 bits per heavy atom. The first-order chi connectivity index (χ1) is 6.59. The number of hydrogen-bond donors (Lipinski definition) is 1. The molecular weight excluding hydrogens is 176 g/mol. The second-order valence-corrected chi connectivity index (χ2v) is 3.90. The fraction of sp³-hybridized carbons (Fsp3) is 0.364. The van der Waals surface area contributed by atoms with Crippen molar-refractivity contribution in [3.05, 3.63) is 34.4 Å². The van der Waals surface area contributed by atoms with E-state index in [0.29, 0.717) is 6.04 Å². The number of pyridine rings is 1. The van der Waals surface area contributed by atoms with Gasteiger partial charge in [-0.2, -0.15) is 0 Å². The summed E-state index contributed by atoms with van der Waals surface area (Å²) in [6.45, 7) is 6.03. The van der Waals surface area contributed by atoms with E-state index in [2.05, 4.69) is 18.8 Å². The van der Waals surface area contributed by atoms with Crippen molar-refractivity contribution in [3.8, 4) is 0 Å². The van der Waals surface area contributed by atoms with Crippen LogP contribution < -0.4 is 5.56 Å². The number of hydrogen-bond acceptors (Lipinski definition) is 1. The highest BCUT2D eigenvalue weighted by Gasteiger charge is 2.07. The molecule has 74 valence electrons. The SMILES string of the molecule is Cc1cc2ccn(C(C)C)c2c(=O)[nH]1. The standard InChI is InChI=1S/C11H14N2O/c1-7(2)13-5-4-9-6-8(3)12-11(14)10(9)13/h4-7H,1-3H3,(H,12,14). The molecule has 0 aliphatic rings. The van der Waals surface area contributed by atoms with E-state index in [1.54, 1.807) is 0 Å². The molecule has 0 aliphatic carbocycles. The number of nitrogens with one attached hydrogen (secondary N) is 1. The number of H-pyrrole nitrogens is 1. The number of aryl methyl sites for hydroxylation is 1. The molecule has 2 rings (SSSR count). The third-order valence-corrected chi connectivity index (χ3v) is 2.40. The lowest BCUT2D eigenvalue weighted by Crippen LogP contribution is -2.12. The third kappa shape index (κ3) is 1.25. The zero-order chi connectivity index (χ0) is 10.3. The molecule has 3 heteroatoms. The predicted molar refractivity (Wildman–Crippen MR) is 57.7 cm³/mol. The van der Waals surface area contributed by atoms with Crippen LogP contribution >= 0.6 is 0 Å². The van der Waals surface area contributed by atoms with Crippen LogP contribution in [0.4, 0.5) is 0 Å². The molecule has 0 atom stereocenters. The van der Waals surface area contributed by atoms with Crippen LogP contribution in [0.15, 0.2) is 23.1 Å². The van der Waals surface area contributed by atoms with Crippen LogP contribution in [-0.2, 0) is 0 Å². The number of nitrogens with zero attached hydrogens (tertiary/aromatic N) is 1. The quantitative estimate of drug-likeness (QED) is 0.735. The summed E-state index contributed by atoms with van der Waals surface area (Å²) < 4.78 is 1.99. The monoisotopic (exact) mass is 190 g/mol. The normalized spacial score (nSPS) is 11.4. The van der Waals surface area contributed by atoms with Crippen LogP contribution in [0.2, 0.25) is 0 Å². The van der Waals surface area contributed by atoms with Crippen LogP contribution in [0.5, 0.6) is 0 Å². The largest absolute Gasteiger partial charge is 0.341 e. The van der Waals surface area contributed by atoms with Gasteiger partial charge in [-0.15, -0.1) is 0 Å². The molecule has 0 unspecified atom stereocenters. The lowest BCUT2D eigenvalue weighted by Gasteiger charge is -2.08. The first kappa shape index (κ1) is 9.06. The zero-order valence-electron chi connectivity index (χ0n) is 8.66. The molecule has 0 saturated heterocycles. The highest BCUT2D eigenvalue weighted by molar-refractivity contribution is 5.79. The number of aromatic nitrogens is 2. The number of fused-ring (bicyclic) bond motifs is 1. The maximum absolute atomic E-state index is 11.7. The Balaban J connectivity index is 2.86. The topological polar surface area (TPSA) is 37.8 Å². The molecule has 0 radical (unpaired) electrons. The summed E-state index contributed by atoms with van der Waals surface area (Å²) >= 11 is 0. The van der Waals surface area contributed by atoms with E-state index in [4.69, 9.17) is 0 Å². The summed E-state index contributed by atoms with van der Waals surface area (Å²) in [7, 11) is 0. The molecule has 0 saturated carbocycles. The van der Waals surface area contributed by atoms with E-state index in [9.17, 15) is 4.79 Å². The van der Waals surface area contributed by atoms with Gasteiger partial charge in [0.2, 0.25) is 0 Å². The van der Waals surface area contributed by atoms with Crippen molar-refractivity contribution >= 4 is 10.9 Å². The molecule has 1 N–H and O–H groups in total. The fourth-order valence-electron chi connectivity index (χ4n) is 1.77. The van der Waals surface area contributed by atoms with Crippen molar-refractivity contribution in [1.82, 2.24) is 9.55 Å². The van der Waals surface area contributed by atoms with Gasteiger partial charge in [0.1, 0.15) is 5.52 Å². The molecular formula is C11H14N2O. The molecule has 3 nitrogen and oxygen atoms in total. The van der Waals surface area contributed by atoms with E-state index in [-0.39, 0.29) is 5.56 Å². The van der Waals surface area contributed by atoms with Crippen molar-refractivity contribution in [2.24, 2.45) is 0 Å². The molecule has 0 fully saturated rings. The predicted octanol–water partition coefficient (Wildman–Crippen LogP) is 2.22. The molecule has 0 bridgehead atoms. The second-order valence-electron chi connectivity index (χ2n) is 3.90. The second kappa shape index (κ2) is 3.01. The van der Waals surface area contributed by atoms with Gasteiger partial charge in [-0.3, -0.25) is 4.79 Å². The van der Waals surface area contributed by atoms with Crippen LogP contribution in [0.1, 0.15) is 25.6 Å². The van der Waals surface area contributed by atoms with Gasteiger partial charge in [0.15, 0.2) is 0 Å². The molecule has 2 heterocycles. The fourth-order valence-corrected chi connectivity index (χ4v) is 1.77. The van der Waals surface area contributed by atoms with Crippen molar-refractivity contribution in [1.29, 1.82) is 0 Å². The zero-order valence-corrected chi connectivity index (χ0v) is 8.66. The molecule has 2 aromatic rings. The summed E-state index contributed by atoms with van der Waals surface area (Å²) in [5, 5.41) is 1.01. The summed E-state index contributed by atoms with van der Waals surface area (Å²) in [5.74, 6) is 0. The van der Waals surface area contributed by atoms with Gasteiger partial charge in [0, 0.05) is 23.3 Å². The van der Waals surface area contributed by atoms with E-state index < -0.39 is 0 Å². The smallest absolute Gasteiger partial charge is 0.272 e. The molecule has 0 aliphatic heterocycles. The maximum Gasteiger partial charge on any atom is 0.272 e. The Hall–Kier alpha value is -1.51. The summed E-state index contributed by atoms with van der Waals surface area (Å²) in [6, 6.07) is 4.30. The minimum Gasteiger partial charge on any atom is -0.341 e. The van der Waals surface area contributed by atoms with Crippen LogP contribution in [-0.4, -0.2) is 9.55 Å². The van der Waals surface area contributed by atoms with Crippen molar-refractivity contribution < 1.29 is 0 Å². The van der Waals surface area contributed by atoms with E-state index >= 15 is 0 Å². The van der Waals surface area contributed by atoms with Crippen LogP contribution in [0.25, 0.3) is 10.9 Å². The minimum absolute atomic E-state index is 0.00120. The van der Waals surface area contributed by atoms with E-state index in [0.717, 1.165) is 16.6 Å². The van der Waals surface area contributed by atoms with Gasteiger partial charge in [-0.1, -0.05) is 0 Å². The Morgan fingerprint density at radius 2 is 2.14 bits per heavy atom. The molecule has 14 heavy (non-hydrogen) atoms. The molecule has 0 amide bonds. The first-order valence-corrected chi connectivity index (χ1v) is 4.80. The number of aromatic amines is 1.